The third-order valence-corrected chi connectivity index (χ3v) is 12.0. The van der Waals surface area contributed by atoms with Gasteiger partial charge in [0.1, 0.15) is 23.0 Å². The quantitative estimate of drug-likeness (QED) is 0.142. The summed E-state index contributed by atoms with van der Waals surface area (Å²) >= 11 is 0. The molecular formula is C42H32O6S2. The van der Waals surface area contributed by atoms with Crippen molar-refractivity contribution in [2.75, 3.05) is 0 Å². The average Bonchev–Trinajstić information content (AvgIpc) is 3.14. The summed E-state index contributed by atoms with van der Waals surface area (Å²) in [6, 6.07) is 47.7. The minimum absolute atomic E-state index is 0.173. The van der Waals surface area contributed by atoms with Gasteiger partial charge in [-0.15, -0.1) is 0 Å². The van der Waals surface area contributed by atoms with Gasteiger partial charge in [-0.1, -0.05) is 84.4 Å². The number of rotatable bonds is 10. The Kier molecular flexibility index (Phi) is 8.97. The van der Waals surface area contributed by atoms with Crippen LogP contribution in [0.1, 0.15) is 16.7 Å². The molecule has 0 saturated carbocycles. The van der Waals surface area contributed by atoms with E-state index in [-0.39, 0.29) is 19.6 Å². The lowest BCUT2D eigenvalue weighted by Gasteiger charge is -2.14. The lowest BCUT2D eigenvalue weighted by atomic mass is 10.1. The first-order valence-corrected chi connectivity index (χ1v) is 18.9. The Morgan fingerprint density at radius 2 is 0.760 bits per heavy atom. The van der Waals surface area contributed by atoms with Crippen molar-refractivity contribution in [1.29, 1.82) is 0 Å². The lowest BCUT2D eigenvalue weighted by Crippen LogP contribution is -2.02. The summed E-state index contributed by atoms with van der Waals surface area (Å²) in [4.78, 5) is 0.816. The molecule has 0 saturated heterocycles. The van der Waals surface area contributed by atoms with E-state index >= 15 is 0 Å². The molecule has 248 valence electrons. The van der Waals surface area contributed by atoms with Gasteiger partial charge in [-0.2, -0.15) is 0 Å². The smallest absolute Gasteiger partial charge is 0.206 e. The molecule has 0 aromatic heterocycles. The first-order valence-electron chi connectivity index (χ1n) is 15.9. The molecule has 0 amide bonds. The normalized spacial score (nSPS) is 11.7. The summed E-state index contributed by atoms with van der Waals surface area (Å²) in [6.45, 7) is 1.91. The van der Waals surface area contributed by atoms with Crippen LogP contribution in [-0.4, -0.2) is 16.8 Å². The summed E-state index contributed by atoms with van der Waals surface area (Å²) in [5.74, 6) is 2.09. The Bertz CT molecular complexity index is 2490. The zero-order chi connectivity index (χ0) is 34.7. The molecule has 0 atom stereocenters. The predicted molar refractivity (Wildman–Crippen MR) is 195 cm³/mol. The van der Waals surface area contributed by atoms with Crippen molar-refractivity contribution < 1.29 is 26.3 Å². The summed E-state index contributed by atoms with van der Waals surface area (Å²) in [5, 5.41) is 1.58. The molecule has 0 heterocycles. The molecule has 50 heavy (non-hydrogen) atoms. The van der Waals surface area contributed by atoms with Gasteiger partial charge in [-0.05, 0) is 109 Å². The highest BCUT2D eigenvalue weighted by molar-refractivity contribution is 7.91. The zero-order valence-corrected chi connectivity index (χ0v) is 28.7. The second-order valence-corrected chi connectivity index (χ2v) is 15.8. The molecule has 0 radical (unpaired) electrons. The SMILES string of the molecule is Cc1ccc(S(=O)(=O)c2ccc(Oc3ccc(Oc4ccc(S(=O)(=O)c5ccc(Cc6ccccc6)cc5)cc4)c4ccccc34)cc2)cc1. The van der Waals surface area contributed by atoms with Crippen LogP contribution >= 0.6 is 0 Å². The van der Waals surface area contributed by atoms with Gasteiger partial charge >= 0.3 is 0 Å². The van der Waals surface area contributed by atoms with Crippen LogP contribution in [0.2, 0.25) is 0 Å². The Morgan fingerprint density at radius 3 is 1.20 bits per heavy atom. The van der Waals surface area contributed by atoms with Crippen molar-refractivity contribution in [3.8, 4) is 23.0 Å². The van der Waals surface area contributed by atoms with E-state index in [0.29, 0.717) is 23.0 Å². The van der Waals surface area contributed by atoms with E-state index in [1.165, 1.54) is 12.1 Å². The Morgan fingerprint density at radius 1 is 0.400 bits per heavy atom. The number of hydrogen-bond donors (Lipinski definition) is 0. The largest absolute Gasteiger partial charge is 0.457 e. The van der Waals surface area contributed by atoms with Gasteiger partial charge in [0.25, 0.3) is 0 Å². The molecule has 7 rings (SSSR count). The van der Waals surface area contributed by atoms with E-state index in [0.717, 1.165) is 33.9 Å². The molecule has 7 aromatic rings. The Hall–Kier alpha value is -5.70. The maximum atomic E-state index is 13.4. The van der Waals surface area contributed by atoms with Gasteiger partial charge in [0, 0.05) is 10.8 Å². The van der Waals surface area contributed by atoms with Crippen LogP contribution in [0.15, 0.2) is 183 Å². The lowest BCUT2D eigenvalue weighted by molar-refractivity contribution is 0.477. The van der Waals surface area contributed by atoms with Gasteiger partial charge in [0.05, 0.1) is 19.6 Å². The molecule has 0 aliphatic rings. The number of aryl methyl sites for hydroxylation is 1. The van der Waals surface area contributed by atoms with E-state index in [2.05, 4.69) is 0 Å². The fraction of sp³-hybridized carbons (Fsp3) is 0.0476. The van der Waals surface area contributed by atoms with Crippen molar-refractivity contribution in [1.82, 2.24) is 0 Å². The molecular weight excluding hydrogens is 665 g/mol. The number of ether oxygens (including phenoxy) is 2. The van der Waals surface area contributed by atoms with Crippen molar-refractivity contribution in [3.63, 3.8) is 0 Å². The monoisotopic (exact) mass is 696 g/mol. The fourth-order valence-corrected chi connectivity index (χ4v) is 8.18. The van der Waals surface area contributed by atoms with Crippen LogP contribution in [-0.2, 0) is 26.1 Å². The third-order valence-electron chi connectivity index (χ3n) is 8.38. The second-order valence-electron chi connectivity index (χ2n) is 11.9. The predicted octanol–water partition coefficient (Wildman–Crippen LogP) is 9.99. The van der Waals surface area contributed by atoms with Gasteiger partial charge < -0.3 is 9.47 Å². The van der Waals surface area contributed by atoms with Crippen LogP contribution < -0.4 is 9.47 Å². The molecule has 7 aromatic carbocycles. The highest BCUT2D eigenvalue weighted by Gasteiger charge is 2.19. The first-order chi connectivity index (χ1) is 24.2. The van der Waals surface area contributed by atoms with Gasteiger partial charge in [0.15, 0.2) is 0 Å². The fourth-order valence-electron chi connectivity index (χ4n) is 5.66. The number of sulfone groups is 2. The summed E-state index contributed by atoms with van der Waals surface area (Å²) in [5.41, 5.74) is 3.18. The Labute approximate surface area is 292 Å². The molecule has 0 aliphatic heterocycles. The van der Waals surface area contributed by atoms with Crippen molar-refractivity contribution in [2.45, 2.75) is 32.9 Å². The first kappa shape index (κ1) is 32.8. The number of hydrogen-bond acceptors (Lipinski definition) is 6. The van der Waals surface area contributed by atoms with Crippen molar-refractivity contribution in [2.24, 2.45) is 0 Å². The van der Waals surface area contributed by atoms with Crippen LogP contribution in [0.4, 0.5) is 0 Å². The topological polar surface area (TPSA) is 86.7 Å². The maximum absolute atomic E-state index is 13.4. The van der Waals surface area contributed by atoms with Crippen molar-refractivity contribution in [3.05, 3.63) is 180 Å². The second kappa shape index (κ2) is 13.7. The zero-order valence-electron chi connectivity index (χ0n) is 27.1. The van der Waals surface area contributed by atoms with Gasteiger partial charge in [-0.25, -0.2) is 16.8 Å². The highest BCUT2D eigenvalue weighted by atomic mass is 32.2. The summed E-state index contributed by atoms with van der Waals surface area (Å²) in [7, 11) is -7.38. The molecule has 8 heteroatoms. The van der Waals surface area contributed by atoms with E-state index in [4.69, 9.17) is 9.47 Å². The third kappa shape index (κ3) is 6.89. The molecule has 6 nitrogen and oxygen atoms in total. The van der Waals surface area contributed by atoms with Gasteiger partial charge in [0.2, 0.25) is 19.7 Å². The molecule has 0 spiro atoms. The summed E-state index contributed by atoms with van der Waals surface area (Å²) in [6.07, 6.45) is 0.726. The molecule has 0 bridgehead atoms. The average molecular weight is 697 g/mol. The standard InChI is InChI=1S/C42H32O6S2/c1-30-11-19-35(20-12-30)49(43,44)37-23-15-33(16-24-37)47-41-27-28-42(40-10-6-5-9-39(40)41)48-34-17-25-38(26-18-34)50(45,46)36-21-13-32(14-22-36)29-31-7-3-2-4-8-31/h2-28H,29H2,1H3. The number of fused-ring (bicyclic) bond motifs is 1. The molecule has 0 unspecified atom stereocenters. The van der Waals surface area contributed by atoms with E-state index in [1.54, 1.807) is 84.9 Å². The molecule has 0 N–H and O–H groups in total. The van der Waals surface area contributed by atoms with Crippen molar-refractivity contribution >= 4 is 30.4 Å². The van der Waals surface area contributed by atoms with Crippen LogP contribution in [0, 0.1) is 6.92 Å². The van der Waals surface area contributed by atoms with Crippen LogP contribution in [0.25, 0.3) is 10.8 Å². The van der Waals surface area contributed by atoms with E-state index < -0.39 is 19.7 Å². The minimum atomic E-state index is -3.72. The van der Waals surface area contributed by atoms with Gasteiger partial charge in [-0.3, -0.25) is 0 Å². The molecule has 0 fully saturated rings. The highest BCUT2D eigenvalue weighted by Crippen LogP contribution is 2.38. The van der Waals surface area contributed by atoms with E-state index in [1.807, 2.05) is 73.7 Å². The van der Waals surface area contributed by atoms with Crippen LogP contribution in [0.3, 0.4) is 0 Å². The molecule has 0 aliphatic carbocycles. The van der Waals surface area contributed by atoms with Crippen LogP contribution in [0.5, 0.6) is 23.0 Å². The number of benzene rings is 7. The van der Waals surface area contributed by atoms with E-state index in [9.17, 15) is 16.8 Å². The minimum Gasteiger partial charge on any atom is -0.457 e. The maximum Gasteiger partial charge on any atom is 0.206 e. The Balaban J connectivity index is 1.06. The summed E-state index contributed by atoms with van der Waals surface area (Å²) < 4.78 is 65.4.